The van der Waals surface area contributed by atoms with E-state index >= 15 is 0 Å². The smallest absolute Gasteiger partial charge is 0.328 e. The van der Waals surface area contributed by atoms with Gasteiger partial charge in [0.25, 0.3) is 0 Å². The molecule has 1 radical (unpaired) electrons. The fraction of sp³-hybridized carbons (Fsp3) is 0. The molecule has 0 spiro atoms. The minimum Gasteiger partial charge on any atom is -0.478 e. The van der Waals surface area contributed by atoms with Gasteiger partial charge in [-0.3, -0.25) is 0 Å². The number of benzene rings is 1. The van der Waals surface area contributed by atoms with E-state index in [1.165, 1.54) is 6.08 Å². The van der Waals surface area contributed by atoms with Gasteiger partial charge in [0.1, 0.15) is 0 Å². The largest absolute Gasteiger partial charge is 0.478 e. The molecule has 0 fully saturated rings. The molecule has 0 aromatic heterocycles. The minimum atomic E-state index is -0.963. The first-order chi connectivity index (χ1) is 5.68. The molecular weight excluding hydrogens is 283 g/mol. The van der Waals surface area contributed by atoms with Gasteiger partial charge in [0, 0.05) is 33.5 Å². The summed E-state index contributed by atoms with van der Waals surface area (Å²) in [5.41, 5.74) is 0.782. The third kappa shape index (κ3) is 4.91. The summed E-state index contributed by atoms with van der Waals surface area (Å²) in [5.74, 6) is -0.963. The van der Waals surface area contributed by atoms with Crippen LogP contribution in [0.15, 0.2) is 30.3 Å². The molecule has 1 rings (SSSR count). The second-order valence-electron chi connectivity index (χ2n) is 2.23. The van der Waals surface area contributed by atoms with E-state index in [2.05, 4.69) is 0 Å². The maximum atomic E-state index is 10.1. The quantitative estimate of drug-likeness (QED) is 0.671. The number of hydrogen-bond donors (Lipinski definition) is 1. The maximum Gasteiger partial charge on any atom is 0.328 e. The van der Waals surface area contributed by atoms with Crippen LogP contribution in [0.3, 0.4) is 0 Å². The molecule has 0 atom stereocenters. The Kier molecular flexibility index (Phi) is 5.75. The molecule has 13 heavy (non-hydrogen) atoms. The van der Waals surface area contributed by atoms with Crippen molar-refractivity contribution in [2.45, 2.75) is 0 Å². The van der Waals surface area contributed by atoms with E-state index in [0.29, 0.717) is 5.02 Å². The number of halogens is 1. The topological polar surface area (TPSA) is 37.3 Å². The standard InChI is InChI=1S/C9H7ClO2.Ag/c10-8-3-1-2-7(6-8)4-5-9(11)12;/h1-6H,(H,11,12);. The number of rotatable bonds is 2. The Hall–Kier alpha value is -0.540. The van der Waals surface area contributed by atoms with Gasteiger partial charge in [-0.15, -0.1) is 0 Å². The average molecular weight is 290 g/mol. The van der Waals surface area contributed by atoms with Gasteiger partial charge in [0.15, 0.2) is 0 Å². The van der Waals surface area contributed by atoms with E-state index in [1.54, 1.807) is 24.3 Å². The third-order valence-corrected chi connectivity index (χ3v) is 1.50. The molecule has 0 heterocycles. The second-order valence-corrected chi connectivity index (χ2v) is 2.66. The summed E-state index contributed by atoms with van der Waals surface area (Å²) >= 11 is 5.68. The van der Waals surface area contributed by atoms with Gasteiger partial charge in [-0.2, -0.15) is 0 Å². The normalized spacial score (nSPS) is 9.62. The first kappa shape index (κ1) is 12.5. The number of hydrogen-bond acceptors (Lipinski definition) is 1. The summed E-state index contributed by atoms with van der Waals surface area (Å²) in [6, 6.07) is 6.98. The molecule has 2 nitrogen and oxygen atoms in total. The van der Waals surface area contributed by atoms with Crippen LogP contribution >= 0.6 is 11.6 Å². The van der Waals surface area contributed by atoms with Crippen LogP contribution in [-0.4, -0.2) is 11.1 Å². The molecular formula is C9H7AgClO2. The molecule has 0 amide bonds. The van der Waals surface area contributed by atoms with Crippen LogP contribution in [-0.2, 0) is 27.2 Å². The molecule has 4 heteroatoms. The molecule has 0 aliphatic rings. The Labute approximate surface area is 96.7 Å². The zero-order chi connectivity index (χ0) is 8.97. The van der Waals surface area contributed by atoms with E-state index in [-0.39, 0.29) is 22.4 Å². The van der Waals surface area contributed by atoms with Crippen LogP contribution in [0.2, 0.25) is 5.02 Å². The number of carboxylic acids is 1. The molecule has 0 bridgehead atoms. The SMILES string of the molecule is O=C(O)C=Cc1cccc(Cl)c1.[Ag]. The molecule has 1 aromatic rings. The van der Waals surface area contributed by atoms with Crippen molar-refractivity contribution in [1.29, 1.82) is 0 Å². The van der Waals surface area contributed by atoms with Crippen molar-refractivity contribution in [2.75, 3.05) is 0 Å². The monoisotopic (exact) mass is 289 g/mol. The van der Waals surface area contributed by atoms with Crippen molar-refractivity contribution < 1.29 is 32.3 Å². The van der Waals surface area contributed by atoms with Crippen molar-refractivity contribution in [3.63, 3.8) is 0 Å². The minimum absolute atomic E-state index is 0. The van der Waals surface area contributed by atoms with Gasteiger partial charge in [-0.05, 0) is 23.8 Å². The Morgan fingerprint density at radius 2 is 2.15 bits per heavy atom. The summed E-state index contributed by atoms with van der Waals surface area (Å²) in [6.45, 7) is 0. The summed E-state index contributed by atoms with van der Waals surface area (Å²) in [7, 11) is 0. The molecule has 0 aliphatic heterocycles. The van der Waals surface area contributed by atoms with Crippen molar-refractivity contribution in [3.8, 4) is 0 Å². The average Bonchev–Trinajstić information content (AvgIpc) is 2.01. The Balaban J connectivity index is 0.00000144. The van der Waals surface area contributed by atoms with Crippen molar-refractivity contribution in [2.24, 2.45) is 0 Å². The Morgan fingerprint density at radius 3 is 2.69 bits per heavy atom. The van der Waals surface area contributed by atoms with Gasteiger partial charge in [-0.25, -0.2) is 4.79 Å². The molecule has 0 aliphatic carbocycles. The van der Waals surface area contributed by atoms with E-state index in [9.17, 15) is 4.79 Å². The fourth-order valence-electron chi connectivity index (χ4n) is 0.778. The zero-order valence-electron chi connectivity index (χ0n) is 6.50. The zero-order valence-corrected chi connectivity index (χ0v) is 8.74. The van der Waals surface area contributed by atoms with Crippen molar-refractivity contribution in [3.05, 3.63) is 40.9 Å². The van der Waals surface area contributed by atoms with Crippen LogP contribution in [0, 0.1) is 0 Å². The van der Waals surface area contributed by atoms with E-state index in [1.807, 2.05) is 0 Å². The van der Waals surface area contributed by atoms with Crippen LogP contribution in [0.25, 0.3) is 6.08 Å². The number of carbonyl (C=O) groups is 1. The van der Waals surface area contributed by atoms with Gasteiger partial charge in [-0.1, -0.05) is 23.7 Å². The molecule has 0 unspecified atom stereocenters. The predicted molar refractivity (Wildman–Crippen MR) is 48.1 cm³/mol. The van der Waals surface area contributed by atoms with Crippen LogP contribution < -0.4 is 0 Å². The van der Waals surface area contributed by atoms with Crippen LogP contribution in [0.5, 0.6) is 0 Å². The van der Waals surface area contributed by atoms with Gasteiger partial charge >= 0.3 is 5.97 Å². The maximum absolute atomic E-state index is 10.1. The van der Waals surface area contributed by atoms with Crippen LogP contribution in [0.4, 0.5) is 0 Å². The van der Waals surface area contributed by atoms with Crippen molar-refractivity contribution in [1.82, 2.24) is 0 Å². The molecule has 73 valence electrons. The van der Waals surface area contributed by atoms with E-state index < -0.39 is 5.97 Å². The predicted octanol–water partition coefficient (Wildman–Crippen LogP) is 2.44. The fourth-order valence-corrected chi connectivity index (χ4v) is 0.977. The van der Waals surface area contributed by atoms with E-state index in [4.69, 9.17) is 16.7 Å². The van der Waals surface area contributed by atoms with Gasteiger partial charge in [0.05, 0.1) is 0 Å². The molecule has 0 saturated heterocycles. The Morgan fingerprint density at radius 1 is 1.46 bits per heavy atom. The summed E-state index contributed by atoms with van der Waals surface area (Å²) in [6.07, 6.45) is 2.57. The Bertz CT molecular complexity index is 323. The molecule has 0 saturated carbocycles. The molecule has 1 aromatic carbocycles. The van der Waals surface area contributed by atoms with Gasteiger partial charge in [0.2, 0.25) is 0 Å². The summed E-state index contributed by atoms with van der Waals surface area (Å²) < 4.78 is 0. The molecule has 1 N–H and O–H groups in total. The number of aliphatic carboxylic acids is 1. The van der Waals surface area contributed by atoms with Gasteiger partial charge < -0.3 is 5.11 Å². The van der Waals surface area contributed by atoms with Crippen LogP contribution in [0.1, 0.15) is 5.56 Å². The first-order valence-corrected chi connectivity index (χ1v) is 3.73. The summed E-state index contributed by atoms with van der Waals surface area (Å²) in [5, 5.41) is 8.92. The number of carboxylic acid groups (broad SMARTS) is 1. The van der Waals surface area contributed by atoms with E-state index in [0.717, 1.165) is 11.6 Å². The second kappa shape index (κ2) is 6.00. The summed E-state index contributed by atoms with van der Waals surface area (Å²) in [4.78, 5) is 10.1. The first-order valence-electron chi connectivity index (χ1n) is 3.35. The van der Waals surface area contributed by atoms with Crippen molar-refractivity contribution >= 4 is 23.6 Å². The third-order valence-electron chi connectivity index (χ3n) is 1.27.